The van der Waals surface area contributed by atoms with Gasteiger partial charge < -0.3 is 4.74 Å². The molecule has 1 aromatic heterocycles. The average molecular weight is 220 g/mol. The molecule has 1 amide bonds. The summed E-state index contributed by atoms with van der Waals surface area (Å²) in [5.74, 6) is 0. The molecule has 0 saturated heterocycles. The van der Waals surface area contributed by atoms with Crippen molar-refractivity contribution in [2.75, 3.05) is 5.32 Å². The van der Waals surface area contributed by atoms with E-state index in [-0.39, 0.29) is 5.69 Å². The molecule has 0 aliphatic rings. The molecule has 0 saturated carbocycles. The summed E-state index contributed by atoms with van der Waals surface area (Å²) in [4.78, 5) is 11.4. The van der Waals surface area contributed by atoms with E-state index < -0.39 is 11.7 Å². The normalized spacial score (nSPS) is 10.4. The number of hydrogen-bond donors (Lipinski definition) is 1. The van der Waals surface area contributed by atoms with Gasteiger partial charge in [0.1, 0.15) is 11.7 Å². The van der Waals surface area contributed by atoms with Crippen LogP contribution in [-0.2, 0) is 4.74 Å². The van der Waals surface area contributed by atoms with Crippen LogP contribution in [0.15, 0.2) is 12.3 Å². The molecule has 1 rings (SSSR count). The highest BCUT2D eigenvalue weighted by molar-refractivity contribution is 5.84. The predicted molar refractivity (Wildman–Crippen MR) is 56.6 cm³/mol. The number of nitriles is 1. The van der Waals surface area contributed by atoms with E-state index in [1.165, 1.54) is 12.3 Å². The second-order valence-electron chi connectivity index (χ2n) is 4.07. The van der Waals surface area contributed by atoms with Crippen molar-refractivity contribution >= 4 is 11.8 Å². The van der Waals surface area contributed by atoms with Crippen LogP contribution in [0.2, 0.25) is 0 Å². The highest BCUT2D eigenvalue weighted by Crippen LogP contribution is 2.10. The van der Waals surface area contributed by atoms with Gasteiger partial charge in [0.25, 0.3) is 0 Å². The van der Waals surface area contributed by atoms with Crippen LogP contribution in [0.1, 0.15) is 26.5 Å². The SMILES string of the molecule is CC(C)(C)OC(=O)Nc1cnnc(C#N)c1. The number of carbonyl (C=O) groups excluding carboxylic acids is 1. The molecule has 0 spiro atoms. The molecule has 6 nitrogen and oxygen atoms in total. The second-order valence-corrected chi connectivity index (χ2v) is 4.07. The number of carbonyl (C=O) groups is 1. The molecular weight excluding hydrogens is 208 g/mol. The Balaban J connectivity index is 2.67. The van der Waals surface area contributed by atoms with Gasteiger partial charge >= 0.3 is 6.09 Å². The molecule has 0 fully saturated rings. The maximum Gasteiger partial charge on any atom is 0.412 e. The molecule has 6 heteroatoms. The van der Waals surface area contributed by atoms with Crippen LogP contribution in [0.3, 0.4) is 0 Å². The summed E-state index contributed by atoms with van der Waals surface area (Å²) in [6.45, 7) is 5.29. The topological polar surface area (TPSA) is 87.9 Å². The molecule has 0 aromatic carbocycles. The summed E-state index contributed by atoms with van der Waals surface area (Å²) in [6, 6.07) is 3.24. The standard InChI is InChI=1S/C10H12N4O2/c1-10(2,3)16-9(15)13-8-4-7(5-11)14-12-6-8/h4,6H,1-3H3,(H,13,14,15). The Labute approximate surface area is 93.2 Å². The van der Waals surface area contributed by atoms with Crippen molar-refractivity contribution in [3.63, 3.8) is 0 Å². The van der Waals surface area contributed by atoms with Crippen LogP contribution >= 0.6 is 0 Å². The highest BCUT2D eigenvalue weighted by Gasteiger charge is 2.16. The molecule has 84 valence electrons. The van der Waals surface area contributed by atoms with Gasteiger partial charge in [0.2, 0.25) is 0 Å². The maximum absolute atomic E-state index is 11.4. The van der Waals surface area contributed by atoms with Crippen LogP contribution in [-0.4, -0.2) is 21.9 Å². The van der Waals surface area contributed by atoms with Crippen molar-refractivity contribution in [3.05, 3.63) is 18.0 Å². The smallest absolute Gasteiger partial charge is 0.412 e. The summed E-state index contributed by atoms with van der Waals surface area (Å²) < 4.78 is 5.03. The number of hydrogen-bond acceptors (Lipinski definition) is 5. The van der Waals surface area contributed by atoms with Crippen LogP contribution in [0, 0.1) is 11.3 Å². The van der Waals surface area contributed by atoms with Crippen molar-refractivity contribution in [2.24, 2.45) is 0 Å². The molecule has 0 radical (unpaired) electrons. The first-order valence-corrected chi connectivity index (χ1v) is 4.63. The summed E-state index contributed by atoms with van der Waals surface area (Å²) in [5, 5.41) is 18.1. The summed E-state index contributed by atoms with van der Waals surface area (Å²) in [6.07, 6.45) is 0.745. The minimum Gasteiger partial charge on any atom is -0.444 e. The number of ether oxygens (including phenoxy) is 1. The number of amides is 1. The first kappa shape index (κ1) is 11.9. The van der Waals surface area contributed by atoms with E-state index in [0.29, 0.717) is 5.69 Å². The second kappa shape index (κ2) is 4.57. The lowest BCUT2D eigenvalue weighted by Gasteiger charge is -2.19. The Hall–Kier alpha value is -2.16. The van der Waals surface area contributed by atoms with E-state index in [1.54, 1.807) is 20.8 Å². The summed E-state index contributed by atoms with van der Waals surface area (Å²) in [5.41, 5.74) is -0.0582. The van der Waals surface area contributed by atoms with Crippen LogP contribution in [0.4, 0.5) is 10.5 Å². The monoisotopic (exact) mass is 220 g/mol. The molecule has 16 heavy (non-hydrogen) atoms. The molecule has 0 bridgehead atoms. The minimum atomic E-state index is -0.593. The van der Waals surface area contributed by atoms with E-state index in [2.05, 4.69) is 15.5 Å². The Morgan fingerprint density at radius 3 is 2.81 bits per heavy atom. The number of anilines is 1. The molecule has 1 heterocycles. The Morgan fingerprint density at radius 1 is 1.56 bits per heavy atom. The fourth-order valence-electron chi connectivity index (χ4n) is 0.911. The lowest BCUT2D eigenvalue weighted by Crippen LogP contribution is -2.27. The van der Waals surface area contributed by atoms with E-state index in [1.807, 2.05) is 6.07 Å². The number of nitrogens with zero attached hydrogens (tertiary/aromatic N) is 3. The van der Waals surface area contributed by atoms with Crippen molar-refractivity contribution in [1.82, 2.24) is 10.2 Å². The third-order valence-electron chi connectivity index (χ3n) is 1.41. The molecular formula is C10H12N4O2. The van der Waals surface area contributed by atoms with Crippen LogP contribution in [0.5, 0.6) is 0 Å². The van der Waals surface area contributed by atoms with Gasteiger partial charge in [-0.1, -0.05) is 0 Å². The zero-order valence-corrected chi connectivity index (χ0v) is 9.31. The zero-order chi connectivity index (χ0) is 12.2. The van der Waals surface area contributed by atoms with Crippen LogP contribution < -0.4 is 5.32 Å². The van der Waals surface area contributed by atoms with Gasteiger partial charge in [-0.25, -0.2) is 4.79 Å². The van der Waals surface area contributed by atoms with Crippen LogP contribution in [0.25, 0.3) is 0 Å². The molecule has 0 unspecified atom stereocenters. The third-order valence-corrected chi connectivity index (χ3v) is 1.41. The van der Waals surface area contributed by atoms with Crippen molar-refractivity contribution < 1.29 is 9.53 Å². The Morgan fingerprint density at radius 2 is 2.25 bits per heavy atom. The van der Waals surface area contributed by atoms with Crippen molar-refractivity contribution in [3.8, 4) is 6.07 Å². The maximum atomic E-state index is 11.4. The Bertz CT molecular complexity index is 431. The quantitative estimate of drug-likeness (QED) is 0.778. The third kappa shape index (κ3) is 3.92. The lowest BCUT2D eigenvalue weighted by atomic mass is 10.2. The van der Waals surface area contributed by atoms with Crippen molar-refractivity contribution in [2.45, 2.75) is 26.4 Å². The fourth-order valence-corrected chi connectivity index (χ4v) is 0.911. The zero-order valence-electron chi connectivity index (χ0n) is 9.31. The Kier molecular flexibility index (Phi) is 3.40. The van der Waals surface area contributed by atoms with Crippen molar-refractivity contribution in [1.29, 1.82) is 5.26 Å². The average Bonchev–Trinajstić information content (AvgIpc) is 2.15. The minimum absolute atomic E-state index is 0.133. The van der Waals surface area contributed by atoms with Gasteiger partial charge in [-0.3, -0.25) is 5.32 Å². The largest absolute Gasteiger partial charge is 0.444 e. The molecule has 0 atom stereocenters. The molecule has 1 N–H and O–H groups in total. The number of rotatable bonds is 1. The predicted octanol–water partition coefficient (Wildman–Crippen LogP) is 1.70. The first-order chi connectivity index (χ1) is 7.40. The van der Waals surface area contributed by atoms with Gasteiger partial charge in [0.15, 0.2) is 5.69 Å². The highest BCUT2D eigenvalue weighted by atomic mass is 16.6. The van der Waals surface area contributed by atoms with Gasteiger partial charge in [-0.2, -0.15) is 10.4 Å². The molecule has 0 aliphatic carbocycles. The summed E-state index contributed by atoms with van der Waals surface area (Å²) in [7, 11) is 0. The number of nitrogens with one attached hydrogen (secondary N) is 1. The first-order valence-electron chi connectivity index (χ1n) is 4.63. The van der Waals surface area contributed by atoms with E-state index >= 15 is 0 Å². The van der Waals surface area contributed by atoms with Gasteiger partial charge in [-0.05, 0) is 20.8 Å². The van der Waals surface area contributed by atoms with E-state index in [9.17, 15) is 4.79 Å². The number of aromatic nitrogens is 2. The molecule has 0 aliphatic heterocycles. The van der Waals surface area contributed by atoms with Gasteiger partial charge in [-0.15, -0.1) is 5.10 Å². The van der Waals surface area contributed by atoms with Gasteiger partial charge in [0, 0.05) is 6.07 Å². The van der Waals surface area contributed by atoms with Gasteiger partial charge in [0.05, 0.1) is 11.9 Å². The fraction of sp³-hybridized carbons (Fsp3) is 0.400. The lowest BCUT2D eigenvalue weighted by molar-refractivity contribution is 0.0636. The van der Waals surface area contributed by atoms with E-state index in [0.717, 1.165) is 0 Å². The molecule has 1 aromatic rings. The summed E-state index contributed by atoms with van der Waals surface area (Å²) >= 11 is 0. The van der Waals surface area contributed by atoms with E-state index in [4.69, 9.17) is 10.00 Å².